The molecule has 1 fully saturated rings. The van der Waals surface area contributed by atoms with Gasteiger partial charge in [-0.05, 0) is 56.9 Å². The maximum absolute atomic E-state index is 12.5. The van der Waals surface area contributed by atoms with Crippen molar-refractivity contribution in [2.24, 2.45) is 0 Å². The van der Waals surface area contributed by atoms with E-state index in [0.717, 1.165) is 34.4 Å². The molecule has 0 aliphatic heterocycles. The fourth-order valence-electron chi connectivity index (χ4n) is 3.69. The summed E-state index contributed by atoms with van der Waals surface area (Å²) >= 11 is 0. The summed E-state index contributed by atoms with van der Waals surface area (Å²) < 4.78 is 32.9. The fraction of sp³-hybridized carbons (Fsp3) is 0.435. The number of nitrogens with zero attached hydrogens (tertiary/aromatic N) is 4. The van der Waals surface area contributed by atoms with Gasteiger partial charge < -0.3 is 14.7 Å². The molecule has 2 heterocycles. The molecule has 0 bridgehead atoms. The van der Waals surface area contributed by atoms with Crippen LogP contribution in [0.3, 0.4) is 0 Å². The molecule has 2 aromatic heterocycles. The van der Waals surface area contributed by atoms with E-state index in [1.165, 1.54) is 7.11 Å². The van der Waals surface area contributed by atoms with Crippen LogP contribution >= 0.6 is 0 Å². The minimum Gasteiger partial charge on any atom is -0.480 e. The van der Waals surface area contributed by atoms with Crippen LogP contribution in [-0.2, 0) is 10.0 Å². The van der Waals surface area contributed by atoms with Gasteiger partial charge in [0.15, 0.2) is 0 Å². The summed E-state index contributed by atoms with van der Waals surface area (Å²) in [5.74, 6) is 1.02. The number of aromatic nitrogens is 3. The van der Waals surface area contributed by atoms with Crippen LogP contribution < -0.4 is 14.4 Å². The van der Waals surface area contributed by atoms with E-state index < -0.39 is 16.1 Å². The molecule has 0 amide bonds. The molecule has 2 N–H and O–H groups in total. The molecule has 33 heavy (non-hydrogen) atoms. The van der Waals surface area contributed by atoms with Crippen molar-refractivity contribution in [3.8, 4) is 17.0 Å². The Balaban J connectivity index is 1.73. The molecule has 1 saturated carbocycles. The topological polar surface area (TPSA) is 118 Å². The number of benzene rings is 1. The van der Waals surface area contributed by atoms with Gasteiger partial charge in [0.1, 0.15) is 17.8 Å². The zero-order chi connectivity index (χ0) is 23.6. The molecule has 10 heteroatoms. The first kappa shape index (κ1) is 23.2. The maximum Gasteiger partial charge on any atom is 0.238 e. The van der Waals surface area contributed by atoms with Crippen molar-refractivity contribution in [3.05, 3.63) is 36.8 Å². The second-order valence-corrected chi connectivity index (χ2v) is 10.2. The van der Waals surface area contributed by atoms with Gasteiger partial charge in [0.05, 0.1) is 24.0 Å². The first-order valence-electron chi connectivity index (χ1n) is 11.1. The van der Waals surface area contributed by atoms with Crippen molar-refractivity contribution in [1.82, 2.24) is 15.0 Å². The van der Waals surface area contributed by atoms with Gasteiger partial charge in [-0.15, -0.1) is 0 Å². The van der Waals surface area contributed by atoms with Crippen molar-refractivity contribution in [2.45, 2.75) is 44.5 Å². The molecule has 1 unspecified atom stereocenters. The zero-order valence-corrected chi connectivity index (χ0v) is 19.8. The molecule has 1 aliphatic rings. The average Bonchev–Trinajstić information content (AvgIpc) is 3.65. The number of rotatable bonds is 10. The van der Waals surface area contributed by atoms with Crippen molar-refractivity contribution < 1.29 is 18.3 Å². The lowest BCUT2D eigenvalue weighted by Crippen LogP contribution is -2.27. The fourth-order valence-corrected chi connectivity index (χ4v) is 5.07. The molecule has 0 saturated heterocycles. The van der Waals surface area contributed by atoms with Gasteiger partial charge in [0.25, 0.3) is 0 Å². The summed E-state index contributed by atoms with van der Waals surface area (Å²) in [6.45, 7) is 5.23. The lowest BCUT2D eigenvalue weighted by molar-refractivity contribution is 0.186. The van der Waals surface area contributed by atoms with E-state index in [-0.39, 0.29) is 11.1 Å². The monoisotopic (exact) mass is 471 g/mol. The third-order valence-electron chi connectivity index (χ3n) is 5.71. The van der Waals surface area contributed by atoms with Crippen molar-refractivity contribution in [3.63, 3.8) is 0 Å². The highest BCUT2D eigenvalue weighted by atomic mass is 32.2. The Labute approximate surface area is 193 Å². The quantitative estimate of drug-likeness (QED) is 0.463. The number of hydrogen-bond acceptors (Lipinski definition) is 8. The lowest BCUT2D eigenvalue weighted by Gasteiger charge is -2.24. The van der Waals surface area contributed by atoms with Crippen LogP contribution in [-0.4, -0.2) is 60.0 Å². The van der Waals surface area contributed by atoms with Crippen LogP contribution in [0.5, 0.6) is 5.88 Å². The molecule has 3 aromatic rings. The van der Waals surface area contributed by atoms with Crippen LogP contribution in [0.4, 0.5) is 11.5 Å². The van der Waals surface area contributed by atoms with Gasteiger partial charge in [-0.2, -0.15) is 0 Å². The molecular weight excluding hydrogens is 442 g/mol. The number of methoxy groups -OCH3 is 1. The maximum atomic E-state index is 12.5. The van der Waals surface area contributed by atoms with Crippen molar-refractivity contribution in [1.29, 1.82) is 0 Å². The van der Waals surface area contributed by atoms with Crippen LogP contribution in [0, 0.1) is 0 Å². The Morgan fingerprint density at radius 3 is 2.67 bits per heavy atom. The van der Waals surface area contributed by atoms with E-state index >= 15 is 0 Å². The Hall–Kier alpha value is -2.98. The summed E-state index contributed by atoms with van der Waals surface area (Å²) in [7, 11) is -2.00. The first-order valence-corrected chi connectivity index (χ1v) is 12.6. The molecule has 176 valence electrons. The highest BCUT2D eigenvalue weighted by Crippen LogP contribution is 2.35. The summed E-state index contributed by atoms with van der Waals surface area (Å²) in [5.41, 5.74) is 2.72. The normalized spacial score (nSPS) is 14.8. The number of aliphatic hydroxyl groups excluding tert-OH is 1. The highest BCUT2D eigenvalue weighted by Gasteiger charge is 2.36. The minimum atomic E-state index is -3.46. The molecule has 1 atom stereocenters. The van der Waals surface area contributed by atoms with Crippen LogP contribution in [0.2, 0.25) is 0 Å². The van der Waals surface area contributed by atoms with E-state index in [4.69, 9.17) is 4.74 Å². The molecule has 9 nitrogen and oxygen atoms in total. The first-order chi connectivity index (χ1) is 15.8. The Bertz CT molecular complexity index is 1240. The predicted molar refractivity (Wildman–Crippen MR) is 129 cm³/mol. The number of aliphatic hydroxyl groups is 1. The van der Waals surface area contributed by atoms with Gasteiger partial charge in [-0.1, -0.05) is 6.07 Å². The number of pyridine rings is 1. The van der Waals surface area contributed by atoms with E-state index in [1.807, 2.05) is 25.1 Å². The molecule has 1 aromatic carbocycles. The summed E-state index contributed by atoms with van der Waals surface area (Å²) in [6.07, 6.45) is 4.77. The number of ether oxygens (including phenoxy) is 1. The number of fused-ring (bicyclic) bond motifs is 1. The van der Waals surface area contributed by atoms with E-state index in [9.17, 15) is 13.5 Å². The zero-order valence-electron chi connectivity index (χ0n) is 19.0. The van der Waals surface area contributed by atoms with Crippen LogP contribution in [0.25, 0.3) is 22.0 Å². The Kier molecular flexibility index (Phi) is 6.66. The second kappa shape index (κ2) is 9.48. The smallest absolute Gasteiger partial charge is 0.238 e. The molecule has 4 rings (SSSR count). The number of nitrogens with one attached hydrogen (secondary N) is 1. The van der Waals surface area contributed by atoms with Crippen molar-refractivity contribution >= 4 is 32.4 Å². The number of anilines is 2. The SMILES string of the molecule is CCN(CCC(C)O)c1ncnc2ccc(-c3cnc(OC)c(NS(=O)(=O)C4CC4)c3)cc12. The van der Waals surface area contributed by atoms with Crippen LogP contribution in [0.1, 0.15) is 33.1 Å². The lowest BCUT2D eigenvalue weighted by atomic mass is 10.0. The summed E-state index contributed by atoms with van der Waals surface area (Å²) in [5, 5.41) is 10.2. The highest BCUT2D eigenvalue weighted by molar-refractivity contribution is 7.93. The summed E-state index contributed by atoms with van der Waals surface area (Å²) in [6, 6.07) is 7.56. The van der Waals surface area contributed by atoms with Crippen LogP contribution in [0.15, 0.2) is 36.8 Å². The number of hydrogen-bond donors (Lipinski definition) is 2. The molecular formula is C23H29N5O4S. The Morgan fingerprint density at radius 2 is 2.00 bits per heavy atom. The molecule has 0 spiro atoms. The predicted octanol–water partition coefficient (Wildman–Crippen LogP) is 3.20. The molecule has 0 radical (unpaired) electrons. The third kappa shape index (κ3) is 5.17. The second-order valence-electron chi connectivity index (χ2n) is 8.27. The standard InChI is InChI=1S/C23H29N5O4S/c1-4-28(10-9-15(2)29)22-19-11-16(5-8-20(19)25-14-26-22)17-12-21(23(32-3)24-13-17)27-33(30,31)18-6-7-18/h5,8,11-15,18,27,29H,4,6-7,9-10H2,1-3H3. The average molecular weight is 472 g/mol. The van der Waals surface area contributed by atoms with Gasteiger partial charge in [-0.25, -0.2) is 23.4 Å². The Morgan fingerprint density at radius 1 is 1.21 bits per heavy atom. The molecule has 1 aliphatic carbocycles. The van der Waals surface area contributed by atoms with Gasteiger partial charge in [0, 0.05) is 30.2 Å². The number of sulfonamides is 1. The summed E-state index contributed by atoms with van der Waals surface area (Å²) in [4.78, 5) is 15.3. The largest absolute Gasteiger partial charge is 0.480 e. The van der Waals surface area contributed by atoms with E-state index in [2.05, 4.69) is 24.6 Å². The van der Waals surface area contributed by atoms with Gasteiger partial charge in [0.2, 0.25) is 15.9 Å². The third-order valence-corrected chi connectivity index (χ3v) is 7.56. The van der Waals surface area contributed by atoms with E-state index in [0.29, 0.717) is 31.5 Å². The van der Waals surface area contributed by atoms with Gasteiger partial charge in [-0.3, -0.25) is 4.72 Å². The van der Waals surface area contributed by atoms with E-state index in [1.54, 1.807) is 25.5 Å². The van der Waals surface area contributed by atoms with Crippen molar-refractivity contribution in [2.75, 3.05) is 29.8 Å². The minimum absolute atomic E-state index is 0.225. The van der Waals surface area contributed by atoms with Gasteiger partial charge >= 0.3 is 0 Å².